The Morgan fingerprint density at radius 2 is 0.972 bits per heavy atom. The van der Waals surface area contributed by atoms with Gasteiger partial charge >= 0.3 is 53.6 Å². The van der Waals surface area contributed by atoms with Crippen molar-refractivity contribution >= 4 is 5.97 Å². The Kier molecular flexibility index (Phi) is 9.72. The minimum Gasteiger partial charge on any atom is -0.461 e. The summed E-state index contributed by atoms with van der Waals surface area (Å²) >= 11 is 0. The number of hydrogen-bond acceptors (Lipinski definition) is 2. The predicted octanol–water partition coefficient (Wildman–Crippen LogP) is 7.76. The molecule has 0 aliphatic heterocycles. The molecule has 216 valence electrons. The SMILES string of the molecule is CCCC[C@@H](CC)COC(=O)C(F)(F)C(F)(F)C(F)(F)C(F)(F)C(F)(F)C(F)(F)C(F)(F)C(F)(F)F. The molecule has 0 aromatic heterocycles. The summed E-state index contributed by atoms with van der Waals surface area (Å²) in [5.41, 5.74) is 0. The first-order chi connectivity index (χ1) is 15.7. The van der Waals surface area contributed by atoms with E-state index in [1.807, 2.05) is 0 Å². The molecule has 0 fully saturated rings. The van der Waals surface area contributed by atoms with E-state index in [4.69, 9.17) is 0 Å². The molecule has 0 spiro atoms. The first kappa shape index (κ1) is 34.3. The summed E-state index contributed by atoms with van der Waals surface area (Å²) in [5.74, 6) is -62.6. The Morgan fingerprint density at radius 3 is 1.31 bits per heavy atom. The molecule has 0 rings (SSSR count). The van der Waals surface area contributed by atoms with E-state index >= 15 is 0 Å². The number of halogens is 17. The summed E-state index contributed by atoms with van der Waals surface area (Å²) in [6.45, 7) is 1.78. The van der Waals surface area contributed by atoms with Crippen LogP contribution < -0.4 is 0 Å². The Labute approximate surface area is 191 Å². The lowest BCUT2D eigenvalue weighted by molar-refractivity contribution is -0.460. The maximum absolute atomic E-state index is 13.7. The van der Waals surface area contributed by atoms with E-state index in [-0.39, 0.29) is 12.8 Å². The number of esters is 1. The van der Waals surface area contributed by atoms with Crippen molar-refractivity contribution in [3.05, 3.63) is 0 Å². The summed E-state index contributed by atoms with van der Waals surface area (Å²) in [6.07, 6.45) is -6.90. The molecule has 0 aromatic rings. The summed E-state index contributed by atoms with van der Waals surface area (Å²) in [6, 6.07) is 0. The number of unbranched alkanes of at least 4 members (excludes halogenated alkanes) is 1. The second kappa shape index (κ2) is 10.2. The molecule has 0 aromatic carbocycles. The third-order valence-corrected chi connectivity index (χ3v) is 4.97. The summed E-state index contributed by atoms with van der Waals surface area (Å²) < 4.78 is 227. The van der Waals surface area contributed by atoms with Gasteiger partial charge in [0.25, 0.3) is 0 Å². The van der Waals surface area contributed by atoms with Crippen molar-refractivity contribution in [1.29, 1.82) is 0 Å². The highest BCUT2D eigenvalue weighted by molar-refractivity contribution is 5.79. The zero-order valence-corrected chi connectivity index (χ0v) is 17.9. The Hall–Kier alpha value is -1.72. The van der Waals surface area contributed by atoms with E-state index in [0.717, 1.165) is 0 Å². The Morgan fingerprint density at radius 1 is 0.611 bits per heavy atom. The fourth-order valence-corrected chi connectivity index (χ4v) is 2.47. The number of ether oxygens (including phenoxy) is 1. The van der Waals surface area contributed by atoms with Gasteiger partial charge in [0, 0.05) is 0 Å². The maximum Gasteiger partial charge on any atom is 0.460 e. The third kappa shape index (κ3) is 5.15. The molecule has 0 N–H and O–H groups in total. The lowest BCUT2D eigenvalue weighted by Gasteiger charge is -2.42. The van der Waals surface area contributed by atoms with Gasteiger partial charge in [-0.3, -0.25) is 0 Å². The van der Waals surface area contributed by atoms with Gasteiger partial charge in [0.2, 0.25) is 0 Å². The number of rotatable bonds is 13. The third-order valence-electron chi connectivity index (χ3n) is 4.97. The van der Waals surface area contributed by atoms with Crippen LogP contribution in [0.2, 0.25) is 0 Å². The molecule has 0 unspecified atom stereocenters. The second-order valence-electron chi connectivity index (χ2n) is 7.53. The van der Waals surface area contributed by atoms with Crippen LogP contribution in [-0.4, -0.2) is 60.2 Å². The molecule has 0 aliphatic rings. The van der Waals surface area contributed by atoms with Crippen LogP contribution in [0, 0.1) is 5.92 Å². The van der Waals surface area contributed by atoms with Gasteiger partial charge in [-0.25, -0.2) is 4.79 Å². The number of carbonyl (C=O) groups is 1. The van der Waals surface area contributed by atoms with Crippen molar-refractivity contribution in [3.8, 4) is 0 Å². The van der Waals surface area contributed by atoms with Gasteiger partial charge in [0.05, 0.1) is 6.61 Å². The summed E-state index contributed by atoms with van der Waals surface area (Å²) in [7, 11) is 0. The van der Waals surface area contributed by atoms with Gasteiger partial charge in [-0.15, -0.1) is 0 Å². The molecule has 36 heavy (non-hydrogen) atoms. The molecular weight excluding hydrogens is 559 g/mol. The topological polar surface area (TPSA) is 26.3 Å². The van der Waals surface area contributed by atoms with E-state index < -0.39 is 66.1 Å². The van der Waals surface area contributed by atoms with E-state index in [1.54, 1.807) is 6.92 Å². The van der Waals surface area contributed by atoms with Gasteiger partial charge in [0.1, 0.15) is 0 Å². The smallest absolute Gasteiger partial charge is 0.460 e. The standard InChI is InChI=1S/C17H17F17O2/c1-3-5-6-8(4-2)7-36-9(35)10(18,19)11(20,21)12(22,23)13(24,25)14(26,27)15(28,29)16(30,31)17(32,33)34/h8H,3-7H2,1-2H3/t8-/m1/s1. The van der Waals surface area contributed by atoms with Crippen molar-refractivity contribution in [2.75, 3.05) is 6.61 Å². The lowest BCUT2D eigenvalue weighted by Crippen LogP contribution is -2.75. The van der Waals surface area contributed by atoms with Crippen LogP contribution >= 0.6 is 0 Å². The maximum atomic E-state index is 13.7. The minimum atomic E-state index is -8.74. The van der Waals surface area contributed by atoms with Crippen LogP contribution in [0.5, 0.6) is 0 Å². The monoisotopic (exact) mass is 576 g/mol. The lowest BCUT2D eigenvalue weighted by atomic mass is 9.89. The van der Waals surface area contributed by atoms with Crippen molar-refractivity contribution < 1.29 is 84.2 Å². The number of hydrogen-bond donors (Lipinski definition) is 0. The average Bonchev–Trinajstić information content (AvgIpc) is 2.71. The van der Waals surface area contributed by atoms with Crippen molar-refractivity contribution in [1.82, 2.24) is 0 Å². The number of alkyl halides is 17. The average molecular weight is 576 g/mol. The van der Waals surface area contributed by atoms with Crippen LogP contribution in [0.25, 0.3) is 0 Å². The number of carbonyl (C=O) groups excluding carboxylic acids is 1. The molecule has 0 saturated carbocycles. The van der Waals surface area contributed by atoms with Gasteiger partial charge in [-0.1, -0.05) is 33.1 Å². The van der Waals surface area contributed by atoms with E-state index in [2.05, 4.69) is 4.74 Å². The molecule has 0 bridgehead atoms. The fourth-order valence-electron chi connectivity index (χ4n) is 2.47. The van der Waals surface area contributed by atoms with Crippen LogP contribution in [0.4, 0.5) is 74.6 Å². The zero-order valence-electron chi connectivity index (χ0n) is 17.9. The molecule has 2 nitrogen and oxygen atoms in total. The van der Waals surface area contributed by atoms with Crippen molar-refractivity contribution in [3.63, 3.8) is 0 Å². The van der Waals surface area contributed by atoms with Crippen molar-refractivity contribution in [2.45, 2.75) is 87.2 Å². The van der Waals surface area contributed by atoms with Crippen LogP contribution in [0.15, 0.2) is 0 Å². The van der Waals surface area contributed by atoms with E-state index in [0.29, 0.717) is 12.8 Å². The highest BCUT2D eigenvalue weighted by Crippen LogP contribution is 2.64. The van der Waals surface area contributed by atoms with Crippen LogP contribution in [-0.2, 0) is 9.53 Å². The molecule has 0 radical (unpaired) electrons. The largest absolute Gasteiger partial charge is 0.461 e. The van der Waals surface area contributed by atoms with Gasteiger partial charge in [-0.2, -0.15) is 74.6 Å². The van der Waals surface area contributed by atoms with Gasteiger partial charge < -0.3 is 4.74 Å². The fraction of sp³-hybridized carbons (Fsp3) is 0.941. The Balaban J connectivity index is 6.39. The Bertz CT molecular complexity index is 757. The molecule has 0 aliphatic carbocycles. The normalized spacial score (nSPS) is 16.2. The molecule has 0 saturated heterocycles. The minimum absolute atomic E-state index is 0.0121. The highest BCUT2D eigenvalue weighted by atomic mass is 19.4. The van der Waals surface area contributed by atoms with Crippen molar-refractivity contribution in [2.24, 2.45) is 5.92 Å². The summed E-state index contributed by atoms with van der Waals surface area (Å²) in [5, 5.41) is 0. The van der Waals surface area contributed by atoms with E-state index in [1.165, 1.54) is 6.92 Å². The molecule has 19 heteroatoms. The zero-order chi connectivity index (χ0) is 29.4. The molecule has 0 amide bonds. The summed E-state index contributed by atoms with van der Waals surface area (Å²) in [4.78, 5) is 11.3. The molecule has 0 heterocycles. The van der Waals surface area contributed by atoms with E-state index in [9.17, 15) is 79.4 Å². The highest BCUT2D eigenvalue weighted by Gasteiger charge is 2.95. The first-order valence-corrected chi connectivity index (χ1v) is 9.55. The molecule has 1 atom stereocenters. The van der Waals surface area contributed by atoms with Gasteiger partial charge in [-0.05, 0) is 12.3 Å². The second-order valence-corrected chi connectivity index (χ2v) is 7.53. The quantitative estimate of drug-likeness (QED) is 0.166. The van der Waals surface area contributed by atoms with Crippen LogP contribution in [0.1, 0.15) is 39.5 Å². The molecular formula is C17H17F17O2. The van der Waals surface area contributed by atoms with Gasteiger partial charge in [0.15, 0.2) is 0 Å². The predicted molar refractivity (Wildman–Crippen MR) is 84.9 cm³/mol. The first-order valence-electron chi connectivity index (χ1n) is 9.55. The van der Waals surface area contributed by atoms with Crippen LogP contribution in [0.3, 0.4) is 0 Å².